The van der Waals surface area contributed by atoms with Crippen molar-refractivity contribution in [3.8, 4) is 0 Å². The molecule has 1 heterocycles. The fourth-order valence-electron chi connectivity index (χ4n) is 2.82. The molecule has 0 bridgehead atoms. The first-order valence-corrected chi connectivity index (χ1v) is 7.14. The van der Waals surface area contributed by atoms with Gasteiger partial charge in [-0.2, -0.15) is 15.0 Å². The molecule has 1 unspecified atom stereocenters. The topological polar surface area (TPSA) is 50.7 Å². The van der Waals surface area contributed by atoms with E-state index in [0.717, 1.165) is 6.42 Å². The number of anilines is 1. The van der Waals surface area contributed by atoms with Crippen molar-refractivity contribution in [1.29, 1.82) is 0 Å². The van der Waals surface area contributed by atoms with Crippen molar-refractivity contribution in [1.82, 2.24) is 15.0 Å². The number of fused-ring (bicyclic) bond motifs is 1. The van der Waals surface area contributed by atoms with Gasteiger partial charge in [0.25, 0.3) is 0 Å². The summed E-state index contributed by atoms with van der Waals surface area (Å²) in [5.41, 5.74) is 2.74. The maximum atomic E-state index is 5.81. The van der Waals surface area contributed by atoms with Crippen LogP contribution in [-0.2, 0) is 5.41 Å². The molecule has 4 nitrogen and oxygen atoms in total. The standard InChI is InChI=1S/C14H14Cl2N4/c1-14(2)7-10(8-5-3-4-6-9(8)14)17-13-19-11(15)18-12(16)20-13/h3-6,10H,7H2,1-2H3,(H,17,18,19,20). The van der Waals surface area contributed by atoms with Crippen molar-refractivity contribution in [2.75, 3.05) is 5.32 Å². The molecular formula is C14H14Cl2N4. The smallest absolute Gasteiger partial charge is 0.228 e. The van der Waals surface area contributed by atoms with Crippen LogP contribution in [0.5, 0.6) is 0 Å². The first-order chi connectivity index (χ1) is 9.45. The number of nitrogens with zero attached hydrogens (tertiary/aromatic N) is 3. The van der Waals surface area contributed by atoms with Crippen LogP contribution in [-0.4, -0.2) is 15.0 Å². The third kappa shape index (κ3) is 2.45. The van der Waals surface area contributed by atoms with Gasteiger partial charge in [-0.1, -0.05) is 38.1 Å². The Hall–Kier alpha value is -1.39. The summed E-state index contributed by atoms with van der Waals surface area (Å²) in [4.78, 5) is 11.9. The number of benzene rings is 1. The van der Waals surface area contributed by atoms with E-state index < -0.39 is 0 Å². The zero-order chi connectivity index (χ0) is 14.3. The highest BCUT2D eigenvalue weighted by atomic mass is 35.5. The zero-order valence-corrected chi connectivity index (χ0v) is 12.7. The van der Waals surface area contributed by atoms with E-state index in [1.165, 1.54) is 11.1 Å². The Morgan fingerprint density at radius 2 is 1.75 bits per heavy atom. The van der Waals surface area contributed by atoms with Crippen molar-refractivity contribution in [2.24, 2.45) is 0 Å². The number of rotatable bonds is 2. The minimum Gasteiger partial charge on any atom is -0.347 e. The van der Waals surface area contributed by atoms with E-state index in [9.17, 15) is 0 Å². The van der Waals surface area contributed by atoms with Crippen LogP contribution in [0.3, 0.4) is 0 Å². The van der Waals surface area contributed by atoms with Crippen LogP contribution in [0.15, 0.2) is 24.3 Å². The van der Waals surface area contributed by atoms with E-state index in [2.05, 4.69) is 52.3 Å². The van der Waals surface area contributed by atoms with Gasteiger partial charge in [-0.3, -0.25) is 0 Å². The van der Waals surface area contributed by atoms with Crippen LogP contribution in [0.25, 0.3) is 0 Å². The summed E-state index contributed by atoms with van der Waals surface area (Å²) in [5, 5.41) is 3.49. The summed E-state index contributed by atoms with van der Waals surface area (Å²) in [5.74, 6) is 0.410. The van der Waals surface area contributed by atoms with E-state index in [1.54, 1.807) is 0 Å². The molecule has 0 spiro atoms. The second kappa shape index (κ2) is 4.86. The van der Waals surface area contributed by atoms with Crippen molar-refractivity contribution >= 4 is 29.2 Å². The Morgan fingerprint density at radius 1 is 1.10 bits per heavy atom. The number of hydrogen-bond donors (Lipinski definition) is 1. The average Bonchev–Trinajstić information content (AvgIpc) is 2.60. The molecule has 0 radical (unpaired) electrons. The van der Waals surface area contributed by atoms with Gasteiger partial charge in [0.05, 0.1) is 6.04 Å². The number of halogens is 2. The largest absolute Gasteiger partial charge is 0.347 e. The van der Waals surface area contributed by atoms with Crippen molar-refractivity contribution in [3.05, 3.63) is 46.0 Å². The molecule has 0 saturated carbocycles. The lowest BCUT2D eigenvalue weighted by molar-refractivity contribution is 0.492. The summed E-state index contributed by atoms with van der Waals surface area (Å²) >= 11 is 11.6. The second-order valence-electron chi connectivity index (χ2n) is 5.57. The van der Waals surface area contributed by atoms with E-state index in [1.807, 2.05) is 6.07 Å². The molecule has 104 valence electrons. The van der Waals surface area contributed by atoms with Crippen molar-refractivity contribution in [2.45, 2.75) is 31.7 Å². The highest BCUT2D eigenvalue weighted by Crippen LogP contribution is 2.45. The normalized spacial score (nSPS) is 19.7. The Kier molecular flexibility index (Phi) is 3.30. The Morgan fingerprint density at radius 3 is 2.45 bits per heavy atom. The van der Waals surface area contributed by atoms with Crippen LogP contribution >= 0.6 is 23.2 Å². The lowest BCUT2D eigenvalue weighted by Crippen LogP contribution is -2.15. The monoisotopic (exact) mass is 308 g/mol. The molecule has 1 aliphatic carbocycles. The minimum atomic E-state index is 0.0954. The lowest BCUT2D eigenvalue weighted by Gasteiger charge is -2.19. The van der Waals surface area contributed by atoms with Crippen LogP contribution < -0.4 is 5.32 Å². The first kappa shape index (κ1) is 13.6. The molecule has 20 heavy (non-hydrogen) atoms. The fraction of sp³-hybridized carbons (Fsp3) is 0.357. The summed E-state index contributed by atoms with van der Waals surface area (Å²) in [6.07, 6.45) is 0.966. The molecule has 6 heteroatoms. The Balaban J connectivity index is 1.93. The van der Waals surface area contributed by atoms with Gasteiger partial charge in [-0.15, -0.1) is 0 Å². The summed E-state index contributed by atoms with van der Waals surface area (Å²) in [6, 6.07) is 8.56. The van der Waals surface area contributed by atoms with Crippen LogP contribution in [0.4, 0.5) is 5.95 Å². The Labute approximate surface area is 127 Å². The SMILES string of the molecule is CC1(C)CC(Nc2nc(Cl)nc(Cl)n2)c2ccccc21. The number of nitrogens with one attached hydrogen (secondary N) is 1. The van der Waals surface area contributed by atoms with Gasteiger partial charge in [0.15, 0.2) is 0 Å². The molecule has 0 saturated heterocycles. The molecule has 1 atom stereocenters. The molecule has 3 rings (SSSR count). The van der Waals surface area contributed by atoms with E-state index >= 15 is 0 Å². The van der Waals surface area contributed by atoms with E-state index in [4.69, 9.17) is 23.2 Å². The zero-order valence-electron chi connectivity index (χ0n) is 11.2. The maximum Gasteiger partial charge on any atom is 0.228 e. The molecule has 1 N–H and O–H groups in total. The minimum absolute atomic E-state index is 0.0954. The molecular weight excluding hydrogens is 295 g/mol. The van der Waals surface area contributed by atoms with Gasteiger partial charge < -0.3 is 5.32 Å². The molecule has 0 amide bonds. The van der Waals surface area contributed by atoms with Gasteiger partial charge in [0.2, 0.25) is 16.5 Å². The van der Waals surface area contributed by atoms with E-state index in [0.29, 0.717) is 5.95 Å². The lowest BCUT2D eigenvalue weighted by atomic mass is 9.86. The third-order valence-electron chi connectivity index (χ3n) is 3.66. The maximum absolute atomic E-state index is 5.81. The molecule has 2 aromatic rings. The molecule has 1 aromatic heterocycles. The predicted molar refractivity (Wildman–Crippen MR) is 80.3 cm³/mol. The fourth-order valence-corrected chi connectivity index (χ4v) is 3.19. The predicted octanol–water partition coefficient (Wildman–Crippen LogP) is 4.01. The summed E-state index contributed by atoms with van der Waals surface area (Å²) < 4.78 is 0. The molecule has 1 aromatic carbocycles. The van der Waals surface area contributed by atoms with Gasteiger partial charge in [-0.05, 0) is 46.2 Å². The average molecular weight is 309 g/mol. The molecule has 1 aliphatic rings. The highest BCUT2D eigenvalue weighted by molar-refractivity contribution is 6.31. The summed E-state index contributed by atoms with van der Waals surface area (Å²) in [7, 11) is 0. The quantitative estimate of drug-likeness (QED) is 0.910. The van der Waals surface area contributed by atoms with Crippen LogP contribution in [0.1, 0.15) is 37.4 Å². The van der Waals surface area contributed by atoms with Crippen LogP contribution in [0.2, 0.25) is 10.6 Å². The summed E-state index contributed by atoms with van der Waals surface area (Å²) in [6.45, 7) is 4.47. The van der Waals surface area contributed by atoms with Gasteiger partial charge in [-0.25, -0.2) is 0 Å². The van der Waals surface area contributed by atoms with Crippen molar-refractivity contribution in [3.63, 3.8) is 0 Å². The van der Waals surface area contributed by atoms with Gasteiger partial charge >= 0.3 is 0 Å². The Bertz CT molecular complexity index is 637. The highest BCUT2D eigenvalue weighted by Gasteiger charge is 2.36. The van der Waals surface area contributed by atoms with E-state index in [-0.39, 0.29) is 22.0 Å². The first-order valence-electron chi connectivity index (χ1n) is 6.39. The van der Waals surface area contributed by atoms with Crippen LogP contribution in [0, 0.1) is 0 Å². The second-order valence-corrected chi connectivity index (χ2v) is 6.25. The van der Waals surface area contributed by atoms with Gasteiger partial charge in [0, 0.05) is 0 Å². The molecule has 0 aliphatic heterocycles. The van der Waals surface area contributed by atoms with Crippen molar-refractivity contribution < 1.29 is 0 Å². The number of aromatic nitrogens is 3. The third-order valence-corrected chi connectivity index (χ3v) is 4.00. The number of hydrogen-bond acceptors (Lipinski definition) is 4. The molecule has 0 fully saturated rings. The van der Waals surface area contributed by atoms with Gasteiger partial charge in [0.1, 0.15) is 0 Å².